The predicted octanol–water partition coefficient (Wildman–Crippen LogP) is 3.53. The number of fused-ring (bicyclic) bond motifs is 1. The molecule has 112 valence electrons. The fourth-order valence-electron chi connectivity index (χ4n) is 1.97. The number of anilines is 1. The Balaban J connectivity index is 1.63. The Kier molecular flexibility index (Phi) is 4.44. The summed E-state index contributed by atoms with van der Waals surface area (Å²) in [5.74, 6) is 0.213. The number of nitrogens with zero attached hydrogens (tertiary/aromatic N) is 3. The van der Waals surface area contributed by atoms with Crippen LogP contribution in [0.25, 0.3) is 5.65 Å². The van der Waals surface area contributed by atoms with Gasteiger partial charge in [-0.15, -0.1) is 10.2 Å². The summed E-state index contributed by atoms with van der Waals surface area (Å²) in [7, 11) is 0. The molecule has 2 heterocycles. The first-order valence-corrected chi connectivity index (χ1v) is 8.40. The highest BCUT2D eigenvalue weighted by Gasteiger charge is 2.09. The van der Waals surface area contributed by atoms with Crippen LogP contribution in [0.4, 0.5) is 5.69 Å². The lowest BCUT2D eigenvalue weighted by atomic mass is 10.2. The number of benzene rings is 1. The van der Waals surface area contributed by atoms with Crippen molar-refractivity contribution in [3.05, 3.63) is 52.6 Å². The number of aromatic nitrogens is 3. The average Bonchev–Trinajstić information content (AvgIpc) is 2.92. The molecule has 0 fully saturated rings. The molecule has 1 amide bonds. The summed E-state index contributed by atoms with van der Waals surface area (Å²) in [6.45, 7) is 1.98. The molecule has 22 heavy (non-hydrogen) atoms. The first-order valence-electron chi connectivity index (χ1n) is 6.62. The molecule has 0 aliphatic rings. The summed E-state index contributed by atoms with van der Waals surface area (Å²) in [5, 5.41) is 11.7. The molecular weight excluding hydrogens is 364 g/mol. The Morgan fingerprint density at radius 2 is 2.18 bits per heavy atom. The molecule has 5 nitrogen and oxygen atoms in total. The van der Waals surface area contributed by atoms with Gasteiger partial charge in [-0.25, -0.2) is 0 Å². The van der Waals surface area contributed by atoms with Gasteiger partial charge in [0.25, 0.3) is 0 Å². The van der Waals surface area contributed by atoms with Crippen molar-refractivity contribution >= 4 is 44.9 Å². The summed E-state index contributed by atoms with van der Waals surface area (Å²) in [6.07, 6.45) is 1.88. The fourth-order valence-corrected chi connectivity index (χ4v) is 2.94. The second-order valence-electron chi connectivity index (χ2n) is 4.71. The zero-order valence-electron chi connectivity index (χ0n) is 11.8. The molecule has 1 N–H and O–H groups in total. The van der Waals surface area contributed by atoms with Crippen LogP contribution < -0.4 is 5.32 Å². The van der Waals surface area contributed by atoms with Crippen LogP contribution >= 0.6 is 27.7 Å². The fraction of sp³-hybridized carbons (Fsp3) is 0.133. The van der Waals surface area contributed by atoms with Crippen molar-refractivity contribution in [2.24, 2.45) is 0 Å². The molecule has 3 aromatic rings. The first-order chi connectivity index (χ1) is 10.6. The van der Waals surface area contributed by atoms with E-state index in [1.807, 2.05) is 53.9 Å². The largest absolute Gasteiger partial charge is 0.325 e. The standard InChI is InChI=1S/C15H13BrN4OS/c1-10-8-11(5-6-12(10)16)17-14(21)9-22-15-19-18-13-4-2-3-7-20(13)15/h2-8H,9H2,1H3,(H,17,21). The molecule has 0 radical (unpaired) electrons. The van der Waals surface area contributed by atoms with Gasteiger partial charge < -0.3 is 5.32 Å². The second-order valence-corrected chi connectivity index (χ2v) is 6.51. The van der Waals surface area contributed by atoms with E-state index in [2.05, 4.69) is 31.4 Å². The van der Waals surface area contributed by atoms with Gasteiger partial charge in [-0.3, -0.25) is 9.20 Å². The number of halogens is 1. The van der Waals surface area contributed by atoms with Crippen LogP contribution in [0.15, 0.2) is 52.2 Å². The number of amides is 1. The summed E-state index contributed by atoms with van der Waals surface area (Å²) < 4.78 is 2.89. The summed E-state index contributed by atoms with van der Waals surface area (Å²) in [4.78, 5) is 12.0. The van der Waals surface area contributed by atoms with E-state index in [4.69, 9.17) is 0 Å². The van der Waals surface area contributed by atoms with E-state index in [0.29, 0.717) is 5.16 Å². The topological polar surface area (TPSA) is 59.3 Å². The average molecular weight is 377 g/mol. The molecule has 0 aliphatic heterocycles. The Hall–Kier alpha value is -1.86. The Bertz CT molecular complexity index is 833. The van der Waals surface area contributed by atoms with E-state index in [1.165, 1.54) is 11.8 Å². The summed E-state index contributed by atoms with van der Waals surface area (Å²) >= 11 is 4.80. The van der Waals surface area contributed by atoms with Crippen LogP contribution in [-0.2, 0) is 4.79 Å². The third-order valence-electron chi connectivity index (χ3n) is 3.06. The molecule has 1 aromatic carbocycles. The van der Waals surface area contributed by atoms with Gasteiger partial charge in [0.1, 0.15) is 0 Å². The van der Waals surface area contributed by atoms with Gasteiger partial charge in [0.2, 0.25) is 5.91 Å². The number of thioether (sulfide) groups is 1. The van der Waals surface area contributed by atoms with Gasteiger partial charge in [-0.1, -0.05) is 33.8 Å². The number of aryl methyl sites for hydroxylation is 1. The van der Waals surface area contributed by atoms with Gasteiger partial charge in [0.05, 0.1) is 5.75 Å². The molecular formula is C15H13BrN4OS. The van der Waals surface area contributed by atoms with Crippen LogP contribution in [0, 0.1) is 6.92 Å². The number of carbonyl (C=O) groups excluding carboxylic acids is 1. The number of hydrogen-bond donors (Lipinski definition) is 1. The van der Waals surface area contributed by atoms with E-state index >= 15 is 0 Å². The van der Waals surface area contributed by atoms with E-state index < -0.39 is 0 Å². The Morgan fingerprint density at radius 3 is 3.00 bits per heavy atom. The van der Waals surface area contributed by atoms with Gasteiger partial charge in [0, 0.05) is 16.4 Å². The monoisotopic (exact) mass is 376 g/mol. The Labute approximate surface area is 140 Å². The molecule has 2 aromatic heterocycles. The number of rotatable bonds is 4. The van der Waals surface area contributed by atoms with Crippen LogP contribution in [0.1, 0.15) is 5.56 Å². The highest BCUT2D eigenvalue weighted by atomic mass is 79.9. The maximum Gasteiger partial charge on any atom is 0.234 e. The summed E-state index contributed by atoms with van der Waals surface area (Å²) in [6, 6.07) is 11.4. The van der Waals surface area contributed by atoms with Crippen molar-refractivity contribution in [1.82, 2.24) is 14.6 Å². The molecule has 0 unspecified atom stereocenters. The zero-order valence-corrected chi connectivity index (χ0v) is 14.2. The van der Waals surface area contributed by atoms with Gasteiger partial charge in [0.15, 0.2) is 10.8 Å². The number of carbonyl (C=O) groups is 1. The smallest absolute Gasteiger partial charge is 0.234 e. The highest BCUT2D eigenvalue weighted by Crippen LogP contribution is 2.21. The van der Waals surface area contributed by atoms with Crippen molar-refractivity contribution in [2.45, 2.75) is 12.1 Å². The van der Waals surface area contributed by atoms with E-state index in [9.17, 15) is 4.79 Å². The lowest BCUT2D eigenvalue weighted by Crippen LogP contribution is -2.14. The van der Waals surface area contributed by atoms with Crippen molar-refractivity contribution in [2.75, 3.05) is 11.1 Å². The Morgan fingerprint density at radius 1 is 1.32 bits per heavy atom. The molecule has 0 saturated carbocycles. The molecule has 7 heteroatoms. The quantitative estimate of drug-likeness (QED) is 0.707. The minimum Gasteiger partial charge on any atom is -0.325 e. The minimum absolute atomic E-state index is 0.0700. The molecule has 0 atom stereocenters. The van der Waals surface area contributed by atoms with Crippen molar-refractivity contribution < 1.29 is 4.79 Å². The lowest BCUT2D eigenvalue weighted by Gasteiger charge is -2.06. The van der Waals surface area contributed by atoms with Crippen LogP contribution in [0.5, 0.6) is 0 Å². The van der Waals surface area contributed by atoms with E-state index in [-0.39, 0.29) is 11.7 Å². The number of nitrogens with one attached hydrogen (secondary N) is 1. The van der Waals surface area contributed by atoms with Crippen molar-refractivity contribution in [1.29, 1.82) is 0 Å². The molecule has 0 bridgehead atoms. The molecule has 0 spiro atoms. The van der Waals surface area contributed by atoms with Crippen molar-refractivity contribution in [3.63, 3.8) is 0 Å². The maximum absolute atomic E-state index is 12.0. The molecule has 0 aliphatic carbocycles. The number of pyridine rings is 1. The maximum atomic E-state index is 12.0. The minimum atomic E-state index is -0.0700. The van der Waals surface area contributed by atoms with E-state index in [0.717, 1.165) is 21.4 Å². The summed E-state index contributed by atoms with van der Waals surface area (Å²) in [5.41, 5.74) is 2.64. The lowest BCUT2D eigenvalue weighted by molar-refractivity contribution is -0.113. The van der Waals surface area contributed by atoms with Gasteiger partial charge in [-0.05, 0) is 42.8 Å². The molecule has 3 rings (SSSR count). The number of hydrogen-bond acceptors (Lipinski definition) is 4. The molecule has 0 saturated heterocycles. The SMILES string of the molecule is Cc1cc(NC(=O)CSc2nnc3ccccn23)ccc1Br. The normalized spacial score (nSPS) is 10.8. The predicted molar refractivity (Wildman–Crippen MR) is 91.2 cm³/mol. The second kappa shape index (κ2) is 6.50. The van der Waals surface area contributed by atoms with E-state index in [1.54, 1.807) is 0 Å². The van der Waals surface area contributed by atoms with Crippen LogP contribution in [0.2, 0.25) is 0 Å². The highest BCUT2D eigenvalue weighted by molar-refractivity contribution is 9.10. The van der Waals surface area contributed by atoms with Gasteiger partial charge in [-0.2, -0.15) is 0 Å². The van der Waals surface area contributed by atoms with Crippen LogP contribution in [-0.4, -0.2) is 26.3 Å². The third kappa shape index (κ3) is 3.31. The van der Waals surface area contributed by atoms with Crippen LogP contribution in [0.3, 0.4) is 0 Å². The third-order valence-corrected chi connectivity index (χ3v) is 4.89. The first kappa shape index (κ1) is 15.1. The van der Waals surface area contributed by atoms with Crippen molar-refractivity contribution in [3.8, 4) is 0 Å². The van der Waals surface area contributed by atoms with Gasteiger partial charge >= 0.3 is 0 Å². The zero-order chi connectivity index (χ0) is 15.5.